The van der Waals surface area contributed by atoms with Gasteiger partial charge in [-0.1, -0.05) is 67.0 Å². The fourth-order valence-corrected chi connectivity index (χ4v) is 10.5. The highest BCUT2D eigenvalue weighted by Crippen LogP contribution is 2.47. The number of hydrogen-bond donors (Lipinski definition) is 9. The number of amides is 5. The summed E-state index contributed by atoms with van der Waals surface area (Å²) in [5.41, 5.74) is 0.908. The first kappa shape index (κ1) is 69.4. The van der Waals surface area contributed by atoms with Gasteiger partial charge < -0.3 is 66.2 Å². The Bertz CT molecular complexity index is 2780. The fraction of sp³-hybridized carbons (Fsp3) is 0.590. The van der Waals surface area contributed by atoms with Crippen LogP contribution >= 0.6 is 0 Å². The number of pyridine rings is 1. The van der Waals surface area contributed by atoms with E-state index in [-0.39, 0.29) is 108 Å². The van der Waals surface area contributed by atoms with Crippen molar-refractivity contribution in [2.45, 2.75) is 143 Å². The second-order valence-corrected chi connectivity index (χ2v) is 20.8. The minimum absolute atomic E-state index is 0.000967. The first-order chi connectivity index (χ1) is 40.3. The van der Waals surface area contributed by atoms with E-state index in [1.165, 1.54) is 19.2 Å². The number of fused-ring (bicyclic) bond motifs is 3. The van der Waals surface area contributed by atoms with Crippen molar-refractivity contribution >= 4 is 41.1 Å². The zero-order chi connectivity index (χ0) is 62.1. The van der Waals surface area contributed by atoms with Gasteiger partial charge >= 0.3 is 0 Å². The highest BCUT2D eigenvalue weighted by atomic mass is 16.7. The molecule has 9 N–H and O–H groups in total. The number of nitrogens with zero attached hydrogens (tertiary/aromatic N) is 3. The lowest BCUT2D eigenvalue weighted by atomic mass is 9.75. The quantitative estimate of drug-likeness (QED) is 0.0376. The van der Waals surface area contributed by atoms with Crippen LogP contribution in [0.5, 0.6) is 17.2 Å². The SMILES string of the molecule is CC.CC.CCCC(C)(C)c1nc(C(=O)NCCC(=O)NCC(=O)NCC(=O)NCCCNCCCNC(=O)C2CCc3c(O)c4c(c(O)c3C2)C(=O)c2cccc(OC)c2C4=O)ccc1C#N.COC1CN(C2CCOC(C)C2O)CCO1. The average Bonchev–Trinajstić information content (AvgIpc) is 1.84. The predicted octanol–water partition coefficient (Wildman–Crippen LogP) is 3.87. The van der Waals surface area contributed by atoms with Crippen LogP contribution in [0, 0.1) is 17.2 Å². The van der Waals surface area contributed by atoms with Gasteiger partial charge in [-0.05, 0) is 83.2 Å². The van der Waals surface area contributed by atoms with Gasteiger partial charge in [0.15, 0.2) is 12.1 Å². The maximum atomic E-state index is 13.5. The Morgan fingerprint density at radius 2 is 1.45 bits per heavy atom. The number of rotatable bonds is 23. The first-order valence-electron chi connectivity index (χ1n) is 29.4. The molecular weight excluding hydrogens is 1080 g/mol. The Kier molecular flexibility index (Phi) is 28.6. The minimum Gasteiger partial charge on any atom is -0.507 e. The van der Waals surface area contributed by atoms with E-state index >= 15 is 0 Å². The highest BCUT2D eigenvalue weighted by molar-refractivity contribution is 6.31. The molecule has 23 nitrogen and oxygen atoms in total. The molecule has 3 aromatic rings. The number of ketones is 2. The number of aliphatic hydroxyl groups is 1. The van der Waals surface area contributed by atoms with Gasteiger partial charge in [-0.2, -0.15) is 5.26 Å². The third-order valence-electron chi connectivity index (χ3n) is 14.8. The lowest BCUT2D eigenvalue weighted by molar-refractivity contribution is -0.190. The number of methoxy groups -OCH3 is 2. The molecule has 1 aromatic heterocycles. The largest absolute Gasteiger partial charge is 0.507 e. The van der Waals surface area contributed by atoms with E-state index in [0.717, 1.165) is 39.0 Å². The van der Waals surface area contributed by atoms with Crippen molar-refractivity contribution in [3.8, 4) is 23.3 Å². The third-order valence-corrected chi connectivity index (χ3v) is 14.8. The number of aromatic hydroxyl groups is 2. The van der Waals surface area contributed by atoms with Crippen LogP contribution in [0.3, 0.4) is 0 Å². The molecule has 7 rings (SSSR count). The average molecular weight is 1170 g/mol. The molecule has 0 spiro atoms. The van der Waals surface area contributed by atoms with E-state index in [0.29, 0.717) is 68.9 Å². The Hall–Kier alpha value is -7.07. The van der Waals surface area contributed by atoms with E-state index in [9.17, 15) is 54.1 Å². The fourth-order valence-electron chi connectivity index (χ4n) is 10.5. The molecule has 2 aliphatic carbocycles. The van der Waals surface area contributed by atoms with Gasteiger partial charge in [0.1, 0.15) is 29.0 Å². The summed E-state index contributed by atoms with van der Waals surface area (Å²) >= 11 is 0. The molecule has 84 heavy (non-hydrogen) atoms. The molecule has 5 atom stereocenters. The van der Waals surface area contributed by atoms with Gasteiger partial charge in [0.25, 0.3) is 5.91 Å². The summed E-state index contributed by atoms with van der Waals surface area (Å²) in [6.07, 6.45) is 3.70. The molecule has 3 heterocycles. The summed E-state index contributed by atoms with van der Waals surface area (Å²) < 4.78 is 21.3. The molecule has 2 aliphatic heterocycles. The molecule has 5 unspecified atom stereocenters. The Balaban J connectivity index is 0.000000639. The lowest BCUT2D eigenvalue weighted by Gasteiger charge is -2.43. The van der Waals surface area contributed by atoms with E-state index in [2.05, 4.69) is 47.9 Å². The van der Waals surface area contributed by atoms with Crippen molar-refractivity contribution in [2.75, 3.05) is 86.3 Å². The standard InChI is InChI=1S/C46H56N8O10.C11H21NO4.2C2H6/c1-5-16-46(2,3)43-27(23-47)12-14-31(54-43)45(63)51-21-15-33(55)52-25-35(57)53-24-34(56)49-19-7-17-48-18-8-20-50-44(62)26-11-13-28-30(22-26)41(60)37-38(39(28)58)42(61)36-29(40(37)59)9-6-10-32(36)64-4;1-8-11(13)9(3-5-15-8)12-4-6-16-10(7-12)14-2;2*1-2/h6,9-10,12,14,26,48,58,60H,5,7-8,11,13,15-22,24-25H2,1-4H3,(H,49,56)(H,50,62)(H,51,63)(H,52,55)(H,53,57);8-11,13H,3-7H2,1-2H3;2*1-2H3. The number of benzene rings is 2. The topological polar surface area (TPSA) is 329 Å². The summed E-state index contributed by atoms with van der Waals surface area (Å²) in [5, 5.41) is 58.4. The number of phenolic OH excluding ortho intramolecular Hbond substituents is 2. The molecule has 0 radical (unpaired) electrons. The molecule has 23 heteroatoms. The third kappa shape index (κ3) is 18.5. The number of ether oxygens (including phenoxy) is 4. The van der Waals surface area contributed by atoms with Crippen LogP contribution in [0.4, 0.5) is 0 Å². The van der Waals surface area contributed by atoms with Crippen LogP contribution in [0.25, 0.3) is 0 Å². The summed E-state index contributed by atoms with van der Waals surface area (Å²) in [6, 6.07) is 9.92. The Morgan fingerprint density at radius 1 is 0.798 bits per heavy atom. The number of hydrogen-bond acceptors (Lipinski definition) is 18. The van der Waals surface area contributed by atoms with Crippen LogP contribution < -0.4 is 36.6 Å². The number of carbonyl (C=O) groups excluding carboxylic acids is 7. The van der Waals surface area contributed by atoms with Crippen LogP contribution in [0.15, 0.2) is 30.3 Å². The molecule has 0 saturated carbocycles. The minimum atomic E-state index is -0.613. The Morgan fingerprint density at radius 3 is 2.12 bits per heavy atom. The maximum Gasteiger partial charge on any atom is 0.269 e. The molecule has 0 bridgehead atoms. The second kappa shape index (κ2) is 34.6. The van der Waals surface area contributed by atoms with Crippen LogP contribution in [0.1, 0.15) is 165 Å². The Labute approximate surface area is 493 Å². The summed E-state index contributed by atoms with van der Waals surface area (Å²) in [7, 11) is 3.03. The maximum absolute atomic E-state index is 13.5. The van der Waals surface area contributed by atoms with Gasteiger partial charge in [-0.25, -0.2) is 4.98 Å². The zero-order valence-corrected chi connectivity index (χ0v) is 50.6. The van der Waals surface area contributed by atoms with Crippen molar-refractivity contribution < 1.29 is 67.8 Å². The lowest BCUT2D eigenvalue weighted by Crippen LogP contribution is -2.57. The van der Waals surface area contributed by atoms with Gasteiger partial charge in [0.2, 0.25) is 29.4 Å². The van der Waals surface area contributed by atoms with Crippen molar-refractivity contribution in [1.29, 1.82) is 5.26 Å². The van der Waals surface area contributed by atoms with E-state index < -0.39 is 58.4 Å². The van der Waals surface area contributed by atoms with Crippen LogP contribution in [-0.4, -0.2) is 177 Å². The molecule has 4 aliphatic rings. The van der Waals surface area contributed by atoms with Gasteiger partial charge in [0, 0.05) is 86.9 Å². The first-order valence-corrected chi connectivity index (χ1v) is 29.4. The normalized spacial score (nSPS) is 18.8. The molecule has 2 fully saturated rings. The molecule has 5 amide bonds. The number of nitriles is 1. The van der Waals surface area contributed by atoms with Crippen molar-refractivity contribution in [3.05, 3.63) is 80.7 Å². The van der Waals surface area contributed by atoms with Gasteiger partial charge in [-0.3, -0.25) is 38.5 Å². The smallest absolute Gasteiger partial charge is 0.269 e. The van der Waals surface area contributed by atoms with E-state index in [4.69, 9.17) is 18.9 Å². The highest BCUT2D eigenvalue weighted by Gasteiger charge is 2.41. The molecular formula is C61H89N9O14. The summed E-state index contributed by atoms with van der Waals surface area (Å²) in [4.78, 5) is 96.0. The number of carbonyl (C=O) groups is 7. The summed E-state index contributed by atoms with van der Waals surface area (Å²) in [5.74, 6) is -4.43. The summed E-state index contributed by atoms with van der Waals surface area (Å²) in [6.45, 7) is 20.1. The van der Waals surface area contributed by atoms with Gasteiger partial charge in [-0.15, -0.1) is 0 Å². The van der Waals surface area contributed by atoms with E-state index in [1.807, 2.05) is 55.4 Å². The number of nitrogens with one attached hydrogen (secondary N) is 6. The predicted molar refractivity (Wildman–Crippen MR) is 314 cm³/mol. The number of morpholine rings is 1. The van der Waals surface area contributed by atoms with Crippen LogP contribution in [0.2, 0.25) is 0 Å². The zero-order valence-electron chi connectivity index (χ0n) is 50.6. The van der Waals surface area contributed by atoms with Crippen molar-refractivity contribution in [3.63, 3.8) is 0 Å². The van der Waals surface area contributed by atoms with Crippen molar-refractivity contribution in [2.24, 2.45) is 5.92 Å². The second-order valence-electron chi connectivity index (χ2n) is 20.8. The number of phenols is 2. The van der Waals surface area contributed by atoms with Crippen LogP contribution in [-0.2, 0) is 51.6 Å². The number of aromatic nitrogens is 1. The van der Waals surface area contributed by atoms with E-state index in [1.54, 1.807) is 25.3 Å². The van der Waals surface area contributed by atoms with Gasteiger partial charge in [0.05, 0.1) is 67.0 Å². The molecule has 2 aromatic carbocycles. The monoisotopic (exact) mass is 1170 g/mol. The molecule has 2 saturated heterocycles. The number of aliphatic hydroxyl groups excluding tert-OH is 1. The van der Waals surface area contributed by atoms with Crippen molar-refractivity contribution in [1.82, 2.24) is 41.8 Å². The molecule has 462 valence electrons.